The number of nitriles is 1. The fourth-order valence-corrected chi connectivity index (χ4v) is 4.31. The third-order valence-corrected chi connectivity index (χ3v) is 6.10. The molecule has 0 spiro atoms. The zero-order valence-corrected chi connectivity index (χ0v) is 17.4. The molecule has 0 fully saturated rings. The van der Waals surface area contributed by atoms with Gasteiger partial charge in [0.25, 0.3) is 0 Å². The van der Waals surface area contributed by atoms with Gasteiger partial charge in [-0.1, -0.05) is 18.5 Å². The van der Waals surface area contributed by atoms with E-state index in [0.29, 0.717) is 22.3 Å². The number of hydrogen-bond acceptors (Lipinski definition) is 5. The van der Waals surface area contributed by atoms with Gasteiger partial charge in [0.15, 0.2) is 0 Å². The smallest absolute Gasteiger partial charge is 0.335 e. The number of nitrogens with zero attached hydrogens (tertiary/aromatic N) is 2. The number of aromatic nitrogens is 1. The lowest BCUT2D eigenvalue weighted by Crippen LogP contribution is -2.15. The summed E-state index contributed by atoms with van der Waals surface area (Å²) >= 11 is 7.41. The number of fused-ring (bicyclic) bond motifs is 1. The number of nitrogens with one attached hydrogen (secondary N) is 1. The van der Waals surface area contributed by atoms with E-state index in [2.05, 4.69) is 23.3 Å². The SMILES string of the molecule is CC1CCc2nc(SCCC(=O)Nc3cc(C(=O)O)ccc3Cl)c(C#N)cc2C1. The lowest BCUT2D eigenvalue weighted by Gasteiger charge is -2.21. The van der Waals surface area contributed by atoms with Crippen LogP contribution in [-0.2, 0) is 17.6 Å². The fourth-order valence-electron chi connectivity index (χ4n) is 3.22. The number of carboxylic acid groups (broad SMARTS) is 1. The van der Waals surface area contributed by atoms with E-state index >= 15 is 0 Å². The summed E-state index contributed by atoms with van der Waals surface area (Å²) in [4.78, 5) is 28.0. The number of aryl methyl sites for hydroxylation is 1. The van der Waals surface area contributed by atoms with Gasteiger partial charge in [-0.3, -0.25) is 4.79 Å². The molecule has 1 atom stereocenters. The Labute approximate surface area is 178 Å². The van der Waals surface area contributed by atoms with Crippen molar-refractivity contribution in [2.75, 3.05) is 11.1 Å². The van der Waals surface area contributed by atoms with Crippen molar-refractivity contribution in [3.8, 4) is 6.07 Å². The van der Waals surface area contributed by atoms with E-state index in [1.54, 1.807) is 0 Å². The molecule has 0 aliphatic heterocycles. The van der Waals surface area contributed by atoms with E-state index in [-0.39, 0.29) is 28.6 Å². The van der Waals surface area contributed by atoms with Gasteiger partial charge in [-0.15, -0.1) is 11.8 Å². The number of carbonyl (C=O) groups excluding carboxylic acids is 1. The van der Waals surface area contributed by atoms with Crippen molar-refractivity contribution in [3.63, 3.8) is 0 Å². The van der Waals surface area contributed by atoms with E-state index in [9.17, 15) is 14.9 Å². The molecule has 2 N–H and O–H groups in total. The third-order valence-electron chi connectivity index (χ3n) is 4.77. The second-order valence-electron chi connectivity index (χ2n) is 7.05. The minimum atomic E-state index is -1.09. The van der Waals surface area contributed by atoms with Gasteiger partial charge < -0.3 is 10.4 Å². The molecule has 1 amide bonds. The summed E-state index contributed by atoms with van der Waals surface area (Å²) in [7, 11) is 0. The highest BCUT2D eigenvalue weighted by atomic mass is 35.5. The molecule has 0 bridgehead atoms. The van der Waals surface area contributed by atoms with Crippen LogP contribution in [0.5, 0.6) is 0 Å². The van der Waals surface area contributed by atoms with Crippen LogP contribution in [0.4, 0.5) is 5.69 Å². The quantitative estimate of drug-likeness (QED) is 0.653. The summed E-state index contributed by atoms with van der Waals surface area (Å²) in [6, 6.07) is 8.28. The number of hydrogen-bond donors (Lipinski definition) is 2. The molecule has 1 aliphatic rings. The van der Waals surface area contributed by atoms with Gasteiger partial charge >= 0.3 is 5.97 Å². The predicted molar refractivity (Wildman–Crippen MR) is 113 cm³/mol. The largest absolute Gasteiger partial charge is 0.478 e. The number of rotatable bonds is 6. The van der Waals surface area contributed by atoms with E-state index in [4.69, 9.17) is 16.7 Å². The van der Waals surface area contributed by atoms with Crippen LogP contribution in [0.25, 0.3) is 0 Å². The van der Waals surface area contributed by atoms with E-state index in [0.717, 1.165) is 30.5 Å². The van der Waals surface area contributed by atoms with E-state index in [1.807, 2.05) is 6.07 Å². The number of benzene rings is 1. The lowest BCUT2D eigenvalue weighted by atomic mass is 9.87. The Morgan fingerprint density at radius 3 is 2.93 bits per heavy atom. The van der Waals surface area contributed by atoms with Crippen LogP contribution in [-0.4, -0.2) is 27.7 Å². The van der Waals surface area contributed by atoms with Crippen LogP contribution in [0.15, 0.2) is 29.3 Å². The van der Waals surface area contributed by atoms with Gasteiger partial charge in [0.1, 0.15) is 11.1 Å². The van der Waals surface area contributed by atoms with Gasteiger partial charge in [0.05, 0.1) is 21.8 Å². The second kappa shape index (κ2) is 9.29. The summed E-state index contributed by atoms with van der Waals surface area (Å²) in [6.45, 7) is 2.20. The van der Waals surface area contributed by atoms with Gasteiger partial charge in [-0.25, -0.2) is 9.78 Å². The van der Waals surface area contributed by atoms with Crippen molar-refractivity contribution in [3.05, 3.63) is 51.7 Å². The molecule has 3 rings (SSSR count). The Kier molecular flexibility index (Phi) is 6.78. The molecule has 0 radical (unpaired) electrons. The zero-order valence-electron chi connectivity index (χ0n) is 15.9. The molecular weight excluding hydrogens is 410 g/mol. The van der Waals surface area contributed by atoms with Crippen molar-refractivity contribution >= 4 is 40.9 Å². The van der Waals surface area contributed by atoms with E-state index in [1.165, 1.54) is 30.0 Å². The van der Waals surface area contributed by atoms with Crippen molar-refractivity contribution in [1.29, 1.82) is 5.26 Å². The van der Waals surface area contributed by atoms with Crippen molar-refractivity contribution < 1.29 is 14.7 Å². The van der Waals surface area contributed by atoms with Gasteiger partial charge in [-0.05, 0) is 55.0 Å². The first-order chi connectivity index (χ1) is 13.9. The topological polar surface area (TPSA) is 103 Å². The van der Waals surface area contributed by atoms with Crippen LogP contribution >= 0.6 is 23.4 Å². The van der Waals surface area contributed by atoms with Crippen molar-refractivity contribution in [1.82, 2.24) is 4.98 Å². The Balaban J connectivity index is 1.62. The average Bonchev–Trinajstić information content (AvgIpc) is 2.69. The van der Waals surface area contributed by atoms with Crippen LogP contribution in [0, 0.1) is 17.2 Å². The van der Waals surface area contributed by atoms with Crippen molar-refractivity contribution in [2.45, 2.75) is 37.6 Å². The van der Waals surface area contributed by atoms with Gasteiger partial charge in [0, 0.05) is 17.9 Å². The molecule has 1 aromatic carbocycles. The average molecular weight is 430 g/mol. The van der Waals surface area contributed by atoms with Crippen LogP contribution in [0.1, 0.15) is 46.9 Å². The molecule has 2 aromatic rings. The predicted octanol–water partition coefficient (Wildman–Crippen LogP) is 4.55. The highest BCUT2D eigenvalue weighted by molar-refractivity contribution is 7.99. The summed E-state index contributed by atoms with van der Waals surface area (Å²) in [6.07, 6.45) is 3.13. The monoisotopic (exact) mass is 429 g/mol. The first-order valence-electron chi connectivity index (χ1n) is 9.25. The van der Waals surface area contributed by atoms with Crippen LogP contribution in [0.3, 0.4) is 0 Å². The van der Waals surface area contributed by atoms with Crippen molar-refractivity contribution in [2.24, 2.45) is 5.92 Å². The van der Waals surface area contributed by atoms with E-state index < -0.39 is 5.97 Å². The molecule has 0 saturated carbocycles. The molecule has 0 saturated heterocycles. The first kappa shape index (κ1) is 21.2. The molecule has 8 heteroatoms. The first-order valence-corrected chi connectivity index (χ1v) is 10.6. The molecule has 1 aromatic heterocycles. The molecule has 1 heterocycles. The summed E-state index contributed by atoms with van der Waals surface area (Å²) in [5.41, 5.74) is 3.05. The number of aromatic carboxylic acids is 1. The highest BCUT2D eigenvalue weighted by Crippen LogP contribution is 2.30. The number of carboxylic acids is 1. The fraction of sp³-hybridized carbons (Fsp3) is 0.333. The maximum atomic E-state index is 12.2. The maximum absolute atomic E-state index is 12.2. The summed E-state index contributed by atoms with van der Waals surface area (Å²) in [5, 5.41) is 22.1. The summed E-state index contributed by atoms with van der Waals surface area (Å²) < 4.78 is 0. The standard InChI is InChI=1S/C21H20ClN3O3S/c1-12-2-5-17-14(8-12)9-15(11-23)20(25-17)29-7-6-19(26)24-18-10-13(21(27)28)3-4-16(18)22/h3-4,9-10,12H,2,5-8H2,1H3,(H,24,26)(H,27,28). The normalized spacial score (nSPS) is 15.3. The number of anilines is 1. The van der Waals surface area contributed by atoms with Crippen LogP contribution < -0.4 is 5.32 Å². The molecule has 1 aliphatic carbocycles. The molecule has 1 unspecified atom stereocenters. The molecule has 150 valence electrons. The Bertz CT molecular complexity index is 1000. The molecular formula is C21H20ClN3O3S. The number of carbonyl (C=O) groups is 2. The molecule has 6 nitrogen and oxygen atoms in total. The molecule has 29 heavy (non-hydrogen) atoms. The summed E-state index contributed by atoms with van der Waals surface area (Å²) in [5.74, 6) is -0.333. The Hall–Kier alpha value is -2.56. The third kappa shape index (κ3) is 5.28. The minimum Gasteiger partial charge on any atom is -0.478 e. The number of halogens is 1. The second-order valence-corrected chi connectivity index (χ2v) is 8.54. The lowest BCUT2D eigenvalue weighted by molar-refractivity contribution is -0.115. The minimum absolute atomic E-state index is 0.0466. The van der Waals surface area contributed by atoms with Gasteiger partial charge in [0.2, 0.25) is 5.91 Å². The number of amides is 1. The zero-order chi connectivity index (χ0) is 21.0. The van der Waals surface area contributed by atoms with Crippen LogP contribution in [0.2, 0.25) is 5.02 Å². The number of pyridine rings is 1. The Morgan fingerprint density at radius 2 is 2.21 bits per heavy atom. The highest BCUT2D eigenvalue weighted by Gasteiger charge is 2.19. The number of thioether (sulfide) groups is 1. The van der Waals surface area contributed by atoms with Gasteiger partial charge in [-0.2, -0.15) is 5.26 Å². The Morgan fingerprint density at radius 1 is 1.41 bits per heavy atom. The maximum Gasteiger partial charge on any atom is 0.335 e.